The number of nitrogens with zero attached hydrogens (tertiary/aromatic N) is 5. The topological polar surface area (TPSA) is 151 Å². The minimum Gasteiger partial charge on any atom is -0.494 e. The molecule has 0 saturated heterocycles. The fraction of sp³-hybridized carbons (Fsp3) is 0.292. The van der Waals surface area contributed by atoms with E-state index in [0.29, 0.717) is 23.5 Å². The van der Waals surface area contributed by atoms with Gasteiger partial charge in [-0.15, -0.1) is 0 Å². The molecule has 0 spiro atoms. The number of ether oxygens (including phenoxy) is 3. The molecule has 3 aromatic rings. The summed E-state index contributed by atoms with van der Waals surface area (Å²) in [4.78, 5) is 26.2. The lowest BCUT2D eigenvalue weighted by atomic mass is 10.1. The third kappa shape index (κ3) is 7.03. The smallest absolute Gasteiger partial charge is 0.313 e. The second-order valence-corrected chi connectivity index (χ2v) is 8.45. The molecule has 2 aromatic heterocycles. The summed E-state index contributed by atoms with van der Waals surface area (Å²) in [7, 11) is 6.71. The van der Waals surface area contributed by atoms with Crippen LogP contribution in [-0.2, 0) is 4.74 Å². The van der Waals surface area contributed by atoms with Crippen LogP contribution in [0.3, 0.4) is 0 Å². The number of nitro benzene ring substituents is 1. The second kappa shape index (κ2) is 12.8. The Balaban J connectivity index is 1.99. The van der Waals surface area contributed by atoms with E-state index in [9.17, 15) is 10.1 Å². The van der Waals surface area contributed by atoms with Crippen LogP contribution in [-0.4, -0.2) is 72.3 Å². The fourth-order valence-electron chi connectivity index (χ4n) is 3.49. The van der Waals surface area contributed by atoms with Gasteiger partial charge in [-0.05, 0) is 26.2 Å². The first-order valence-electron chi connectivity index (χ1n) is 11.1. The molecular weight excluding hydrogens is 502 g/mol. The lowest BCUT2D eigenvalue weighted by Gasteiger charge is -2.22. The molecule has 0 aliphatic heterocycles. The molecule has 13 heteroatoms. The van der Waals surface area contributed by atoms with Gasteiger partial charge in [-0.3, -0.25) is 15.1 Å². The van der Waals surface area contributed by atoms with Crippen LogP contribution in [0.4, 0.5) is 17.3 Å². The van der Waals surface area contributed by atoms with Crippen molar-refractivity contribution < 1.29 is 19.1 Å². The number of nitrogens with two attached hydrogens (primary N) is 1. The molecular formula is C24H28ClN7O5. The first-order chi connectivity index (χ1) is 17.8. The van der Waals surface area contributed by atoms with E-state index in [0.717, 1.165) is 0 Å². The number of anilines is 2. The molecule has 2 heterocycles. The number of nitro groups is 1. The summed E-state index contributed by atoms with van der Waals surface area (Å²) in [6.07, 6.45) is 3.92. The average Bonchev–Trinajstić information content (AvgIpc) is 2.87. The summed E-state index contributed by atoms with van der Waals surface area (Å²) in [5.41, 5.74) is 7.22. The molecule has 196 valence electrons. The molecule has 0 amide bonds. The van der Waals surface area contributed by atoms with Gasteiger partial charge in [-0.1, -0.05) is 17.7 Å². The first kappa shape index (κ1) is 27.6. The Morgan fingerprint density at radius 1 is 1.27 bits per heavy atom. The van der Waals surface area contributed by atoms with Crippen LogP contribution >= 0.6 is 11.6 Å². The van der Waals surface area contributed by atoms with E-state index in [1.54, 1.807) is 18.3 Å². The third-order valence-electron chi connectivity index (χ3n) is 5.05. The minimum absolute atomic E-state index is 0.0394. The summed E-state index contributed by atoms with van der Waals surface area (Å²) in [5, 5.41) is 15.1. The van der Waals surface area contributed by atoms with Crippen LogP contribution in [0.25, 0.3) is 5.57 Å². The molecule has 3 N–H and O–H groups in total. The molecule has 1 unspecified atom stereocenters. The Morgan fingerprint density at radius 2 is 2.05 bits per heavy atom. The van der Waals surface area contributed by atoms with Crippen molar-refractivity contribution in [1.82, 2.24) is 19.9 Å². The highest BCUT2D eigenvalue weighted by Gasteiger charge is 2.24. The molecule has 1 atom stereocenters. The number of hydrogen-bond donors (Lipinski definition) is 2. The van der Waals surface area contributed by atoms with Gasteiger partial charge in [0.25, 0.3) is 0 Å². The van der Waals surface area contributed by atoms with Crippen LogP contribution in [0.2, 0.25) is 5.02 Å². The summed E-state index contributed by atoms with van der Waals surface area (Å²) < 4.78 is 16.6. The van der Waals surface area contributed by atoms with E-state index in [1.807, 2.05) is 25.1 Å². The predicted molar refractivity (Wildman–Crippen MR) is 140 cm³/mol. The quantitative estimate of drug-likeness (QED) is 0.262. The monoisotopic (exact) mass is 529 g/mol. The van der Waals surface area contributed by atoms with Crippen molar-refractivity contribution in [3.05, 3.63) is 75.5 Å². The highest BCUT2D eigenvalue weighted by molar-refractivity contribution is 6.32. The van der Waals surface area contributed by atoms with Gasteiger partial charge in [0.05, 0.1) is 46.9 Å². The number of benzene rings is 1. The number of aromatic nitrogens is 3. The van der Waals surface area contributed by atoms with Gasteiger partial charge in [0.15, 0.2) is 0 Å². The van der Waals surface area contributed by atoms with Gasteiger partial charge in [-0.25, -0.2) is 9.97 Å². The number of methoxy groups -OCH3 is 2. The molecule has 0 aliphatic rings. The Morgan fingerprint density at radius 3 is 2.65 bits per heavy atom. The number of hydrogen-bond acceptors (Lipinski definition) is 11. The molecule has 0 bridgehead atoms. The standard InChI is InChI=1S/C24H28ClN7O5/c1-31(2)13-15(14-35-3)37-22-10-21(36-4)19(9-20(22)32(33)34)29-24-28-12-17(25)23(30-24)16(11-26)18-7-5-6-8-27-18/h5-12,15H,13-14,26H2,1-4H3,(H,28,29,30). The number of rotatable bonds is 12. The maximum atomic E-state index is 11.9. The molecule has 0 aliphatic carbocycles. The zero-order valence-electron chi connectivity index (χ0n) is 20.8. The first-order valence-corrected chi connectivity index (χ1v) is 11.4. The maximum absolute atomic E-state index is 11.9. The summed E-state index contributed by atoms with van der Waals surface area (Å²) >= 11 is 6.36. The molecule has 12 nitrogen and oxygen atoms in total. The van der Waals surface area contributed by atoms with Gasteiger partial charge in [0, 0.05) is 43.8 Å². The van der Waals surface area contributed by atoms with Crippen LogP contribution < -0.4 is 20.5 Å². The summed E-state index contributed by atoms with van der Waals surface area (Å²) in [5.74, 6) is 0.430. The Kier molecular flexibility index (Phi) is 9.55. The predicted octanol–water partition coefficient (Wildman–Crippen LogP) is 3.49. The lowest BCUT2D eigenvalue weighted by molar-refractivity contribution is -0.386. The minimum atomic E-state index is -0.538. The molecule has 0 radical (unpaired) electrons. The highest BCUT2D eigenvalue weighted by atomic mass is 35.5. The summed E-state index contributed by atoms with van der Waals surface area (Å²) in [6, 6.07) is 8.08. The van der Waals surface area contributed by atoms with E-state index in [2.05, 4.69) is 20.3 Å². The van der Waals surface area contributed by atoms with Gasteiger partial charge >= 0.3 is 5.69 Å². The molecule has 37 heavy (non-hydrogen) atoms. The van der Waals surface area contributed by atoms with Crippen LogP contribution in [0, 0.1) is 10.1 Å². The molecule has 0 fully saturated rings. The number of pyridine rings is 1. The third-order valence-corrected chi connectivity index (χ3v) is 5.32. The number of halogens is 1. The number of likely N-dealkylation sites (N-methyl/N-ethyl adjacent to an activating group) is 1. The van der Waals surface area contributed by atoms with E-state index < -0.39 is 11.0 Å². The van der Waals surface area contributed by atoms with Crippen molar-refractivity contribution in [3.63, 3.8) is 0 Å². The average molecular weight is 530 g/mol. The van der Waals surface area contributed by atoms with E-state index >= 15 is 0 Å². The van der Waals surface area contributed by atoms with Crippen molar-refractivity contribution in [3.8, 4) is 11.5 Å². The van der Waals surface area contributed by atoms with Crippen LogP contribution in [0.15, 0.2) is 48.9 Å². The molecule has 0 saturated carbocycles. The van der Waals surface area contributed by atoms with Crippen molar-refractivity contribution in [2.45, 2.75) is 6.10 Å². The lowest BCUT2D eigenvalue weighted by Crippen LogP contribution is -2.34. The van der Waals surface area contributed by atoms with Crippen LogP contribution in [0.1, 0.15) is 11.4 Å². The normalized spacial score (nSPS) is 12.3. The van der Waals surface area contributed by atoms with E-state index in [4.69, 9.17) is 31.5 Å². The zero-order valence-corrected chi connectivity index (χ0v) is 21.6. The van der Waals surface area contributed by atoms with Crippen LogP contribution in [0.5, 0.6) is 11.5 Å². The Bertz CT molecular complexity index is 1260. The fourth-order valence-corrected chi connectivity index (χ4v) is 3.69. The van der Waals surface area contributed by atoms with Gasteiger partial charge in [0.1, 0.15) is 11.9 Å². The highest BCUT2D eigenvalue weighted by Crippen LogP contribution is 2.39. The van der Waals surface area contributed by atoms with E-state index in [-0.39, 0.29) is 40.5 Å². The largest absolute Gasteiger partial charge is 0.494 e. The Hall–Kier alpha value is -4.00. The van der Waals surface area contributed by atoms with Gasteiger partial charge in [0.2, 0.25) is 11.7 Å². The Labute approximate surface area is 219 Å². The second-order valence-electron chi connectivity index (χ2n) is 8.05. The van der Waals surface area contributed by atoms with Crippen molar-refractivity contribution in [2.24, 2.45) is 5.73 Å². The molecule has 1 aromatic carbocycles. The van der Waals surface area contributed by atoms with Gasteiger partial charge in [-0.2, -0.15) is 0 Å². The van der Waals surface area contributed by atoms with Crippen molar-refractivity contribution in [2.75, 3.05) is 46.8 Å². The molecule has 3 rings (SSSR count). The van der Waals surface area contributed by atoms with E-state index in [1.165, 1.54) is 38.7 Å². The zero-order chi connectivity index (χ0) is 26.9. The summed E-state index contributed by atoms with van der Waals surface area (Å²) in [6.45, 7) is 0.730. The SMILES string of the molecule is COCC(CN(C)C)Oc1cc(OC)c(Nc2ncc(Cl)c(C(=CN)c3ccccn3)n2)cc1[N+](=O)[O-]. The van der Waals surface area contributed by atoms with Crippen molar-refractivity contribution >= 4 is 34.5 Å². The van der Waals surface area contributed by atoms with Gasteiger partial charge < -0.3 is 30.2 Å². The number of nitrogens with one attached hydrogen (secondary N) is 1. The maximum Gasteiger partial charge on any atom is 0.313 e. The van der Waals surface area contributed by atoms with Crippen molar-refractivity contribution in [1.29, 1.82) is 0 Å².